The number of esters is 1. The van der Waals surface area contributed by atoms with Crippen LogP contribution in [-0.2, 0) is 17.6 Å². The Morgan fingerprint density at radius 1 is 1.19 bits per heavy atom. The molecule has 1 aliphatic carbocycles. The predicted molar refractivity (Wildman–Crippen MR) is 125 cm³/mol. The van der Waals surface area contributed by atoms with Gasteiger partial charge in [0.15, 0.2) is 5.11 Å². The summed E-state index contributed by atoms with van der Waals surface area (Å²) in [5.41, 5.74) is 2.77. The number of halogens is 1. The van der Waals surface area contributed by atoms with Gasteiger partial charge in [0, 0.05) is 8.45 Å². The van der Waals surface area contributed by atoms with Gasteiger partial charge in [-0.25, -0.2) is 4.79 Å². The maximum atomic E-state index is 12.7. The highest BCUT2D eigenvalue weighted by atomic mass is 127. The van der Waals surface area contributed by atoms with Crippen LogP contribution in [-0.4, -0.2) is 17.7 Å². The molecular weight excluding hydrogens is 491 g/mol. The van der Waals surface area contributed by atoms with E-state index in [4.69, 9.17) is 17.0 Å². The highest BCUT2D eigenvalue weighted by Gasteiger charge is 2.25. The van der Waals surface area contributed by atoms with Crippen molar-refractivity contribution in [2.24, 2.45) is 0 Å². The molecule has 0 spiro atoms. The summed E-state index contributed by atoms with van der Waals surface area (Å²) in [4.78, 5) is 14.0. The summed E-state index contributed by atoms with van der Waals surface area (Å²) >= 11 is 9.42. The summed E-state index contributed by atoms with van der Waals surface area (Å²) in [5, 5.41) is 7.77. The Hall–Kier alpha value is -1.19. The number of aryl methyl sites for hydroxylation is 1. The van der Waals surface area contributed by atoms with Gasteiger partial charge in [0.25, 0.3) is 0 Å². The number of fused-ring (bicyclic) bond motifs is 1. The van der Waals surface area contributed by atoms with Crippen molar-refractivity contribution in [3.05, 3.63) is 43.8 Å². The van der Waals surface area contributed by atoms with Gasteiger partial charge in [-0.15, -0.1) is 11.3 Å². The van der Waals surface area contributed by atoms with Crippen LogP contribution in [0, 0.1) is 3.57 Å². The van der Waals surface area contributed by atoms with Crippen LogP contribution in [0.4, 0.5) is 10.7 Å². The van der Waals surface area contributed by atoms with E-state index in [1.807, 2.05) is 31.2 Å². The van der Waals surface area contributed by atoms with Crippen molar-refractivity contribution in [2.75, 3.05) is 17.2 Å². The first-order valence-corrected chi connectivity index (χ1v) is 11.5. The number of hydrogen-bond acceptors (Lipinski definition) is 4. The van der Waals surface area contributed by atoms with Crippen LogP contribution in [0.5, 0.6) is 0 Å². The minimum Gasteiger partial charge on any atom is -0.462 e. The van der Waals surface area contributed by atoms with Crippen LogP contribution < -0.4 is 10.6 Å². The van der Waals surface area contributed by atoms with E-state index in [2.05, 4.69) is 33.2 Å². The molecule has 4 nitrogen and oxygen atoms in total. The van der Waals surface area contributed by atoms with Gasteiger partial charge in [-0.2, -0.15) is 0 Å². The number of anilines is 2. The Bertz CT molecular complexity index is 835. The Morgan fingerprint density at radius 2 is 1.93 bits per heavy atom. The van der Waals surface area contributed by atoms with Crippen molar-refractivity contribution < 1.29 is 9.53 Å². The summed E-state index contributed by atoms with van der Waals surface area (Å²) in [6.07, 6.45) is 6.69. The normalized spacial score (nSPS) is 13.9. The molecule has 1 heterocycles. The zero-order valence-corrected chi connectivity index (χ0v) is 19.1. The summed E-state index contributed by atoms with van der Waals surface area (Å²) in [5.74, 6) is -0.254. The van der Waals surface area contributed by atoms with Crippen molar-refractivity contribution >= 4 is 67.9 Å². The molecule has 1 aromatic carbocycles. The summed E-state index contributed by atoms with van der Waals surface area (Å²) < 4.78 is 6.43. The van der Waals surface area contributed by atoms with Gasteiger partial charge in [0.2, 0.25) is 0 Å². The van der Waals surface area contributed by atoms with E-state index in [9.17, 15) is 4.79 Å². The van der Waals surface area contributed by atoms with Crippen LogP contribution in [0.1, 0.15) is 53.4 Å². The molecular formula is C20H23IN2O2S2. The average Bonchev–Trinajstić information content (AvgIpc) is 2.93. The van der Waals surface area contributed by atoms with Gasteiger partial charge in [-0.1, -0.05) is 25.0 Å². The molecule has 0 radical (unpaired) electrons. The van der Waals surface area contributed by atoms with E-state index in [-0.39, 0.29) is 5.97 Å². The van der Waals surface area contributed by atoms with E-state index in [1.54, 1.807) is 11.3 Å². The molecule has 0 fully saturated rings. The van der Waals surface area contributed by atoms with E-state index in [1.165, 1.54) is 24.1 Å². The number of hydrogen-bond donors (Lipinski definition) is 2. The molecule has 0 amide bonds. The molecule has 7 heteroatoms. The van der Waals surface area contributed by atoms with Crippen LogP contribution in [0.25, 0.3) is 0 Å². The smallest absolute Gasteiger partial charge is 0.341 e. The summed E-state index contributed by atoms with van der Waals surface area (Å²) in [6, 6.07) is 7.96. The lowest BCUT2D eigenvalue weighted by Gasteiger charge is -2.13. The molecule has 0 aliphatic heterocycles. The highest BCUT2D eigenvalue weighted by Crippen LogP contribution is 2.37. The minimum absolute atomic E-state index is 0.254. The number of thiophene rings is 1. The molecule has 3 rings (SSSR count). The fraction of sp³-hybridized carbons (Fsp3) is 0.400. The maximum Gasteiger partial charge on any atom is 0.341 e. The summed E-state index contributed by atoms with van der Waals surface area (Å²) in [6.45, 7) is 2.21. The molecule has 27 heavy (non-hydrogen) atoms. The Labute approximate surface area is 183 Å². The number of ether oxygens (including phenoxy) is 1. The minimum atomic E-state index is -0.254. The molecule has 1 aliphatic rings. The number of nitrogens with one attached hydrogen (secondary N) is 2. The second-order valence-electron chi connectivity index (χ2n) is 6.40. The standard InChI is InChI=1S/C20H23IN2O2S2/c1-2-25-19(24)17-13-9-5-3-4-6-12-16(13)27-18(17)23-20(26)22-15-11-8-7-10-14(15)21/h7-8,10-11H,2-6,9,12H2,1H3,(H2,22,23,26). The van der Waals surface area contributed by atoms with Crippen LogP contribution in [0.3, 0.4) is 0 Å². The van der Waals surface area contributed by atoms with Crippen molar-refractivity contribution in [3.63, 3.8) is 0 Å². The summed E-state index contributed by atoms with van der Waals surface area (Å²) in [7, 11) is 0. The monoisotopic (exact) mass is 514 g/mol. The van der Waals surface area contributed by atoms with Gasteiger partial charge in [0.1, 0.15) is 5.00 Å². The first kappa shape index (κ1) is 20.5. The molecule has 0 unspecified atom stereocenters. The largest absolute Gasteiger partial charge is 0.462 e. The zero-order chi connectivity index (χ0) is 19.2. The van der Waals surface area contributed by atoms with E-state index in [0.29, 0.717) is 17.3 Å². The highest BCUT2D eigenvalue weighted by molar-refractivity contribution is 14.1. The van der Waals surface area contributed by atoms with Crippen LogP contribution in [0.2, 0.25) is 0 Å². The zero-order valence-electron chi connectivity index (χ0n) is 15.3. The lowest BCUT2D eigenvalue weighted by Crippen LogP contribution is -2.21. The maximum absolute atomic E-state index is 12.7. The van der Waals surface area contributed by atoms with Crippen molar-refractivity contribution in [2.45, 2.75) is 45.4 Å². The first-order valence-electron chi connectivity index (χ1n) is 9.24. The third kappa shape index (κ3) is 5.20. The Morgan fingerprint density at radius 3 is 2.67 bits per heavy atom. The van der Waals surface area contributed by atoms with Gasteiger partial charge < -0.3 is 15.4 Å². The number of thiocarbonyl (C=S) groups is 1. The topological polar surface area (TPSA) is 50.4 Å². The second-order valence-corrected chi connectivity index (χ2v) is 9.08. The van der Waals surface area contributed by atoms with Crippen molar-refractivity contribution in [3.8, 4) is 0 Å². The third-order valence-electron chi connectivity index (χ3n) is 4.50. The van der Waals surface area contributed by atoms with Gasteiger partial charge in [0.05, 0.1) is 17.9 Å². The number of benzene rings is 1. The number of para-hydroxylation sites is 1. The number of rotatable bonds is 4. The fourth-order valence-electron chi connectivity index (χ4n) is 3.25. The molecule has 0 atom stereocenters. The van der Waals surface area contributed by atoms with Gasteiger partial charge >= 0.3 is 5.97 Å². The van der Waals surface area contributed by atoms with Gasteiger partial charge in [-0.05, 0) is 85.1 Å². The fourth-order valence-corrected chi connectivity index (χ4v) is 5.33. The lowest BCUT2D eigenvalue weighted by atomic mass is 9.96. The van der Waals surface area contributed by atoms with E-state index < -0.39 is 0 Å². The molecule has 2 aromatic rings. The van der Waals surface area contributed by atoms with Crippen molar-refractivity contribution in [1.82, 2.24) is 0 Å². The molecule has 0 saturated carbocycles. The average molecular weight is 514 g/mol. The number of carbonyl (C=O) groups excluding carboxylic acids is 1. The molecule has 0 bridgehead atoms. The molecule has 1 aromatic heterocycles. The predicted octanol–water partition coefficient (Wildman–Crippen LogP) is 6.00. The molecule has 0 saturated heterocycles. The quantitative estimate of drug-likeness (QED) is 0.298. The lowest BCUT2D eigenvalue weighted by molar-refractivity contribution is 0.0526. The second kappa shape index (κ2) is 9.84. The van der Waals surface area contributed by atoms with E-state index in [0.717, 1.165) is 39.1 Å². The molecule has 2 N–H and O–H groups in total. The third-order valence-corrected chi connectivity index (χ3v) is 6.85. The van der Waals surface area contributed by atoms with Gasteiger partial charge in [-0.3, -0.25) is 0 Å². The van der Waals surface area contributed by atoms with Crippen LogP contribution >= 0.6 is 46.1 Å². The van der Waals surface area contributed by atoms with E-state index >= 15 is 0 Å². The molecule has 144 valence electrons. The Balaban J connectivity index is 1.87. The Kier molecular flexibility index (Phi) is 7.49. The van der Waals surface area contributed by atoms with Crippen molar-refractivity contribution in [1.29, 1.82) is 0 Å². The first-order chi connectivity index (χ1) is 13.1. The van der Waals surface area contributed by atoms with Crippen LogP contribution in [0.15, 0.2) is 24.3 Å². The number of carbonyl (C=O) groups is 1. The SMILES string of the molecule is CCOC(=O)c1c(NC(=S)Nc2ccccc2I)sc2c1CCCCCC2.